The van der Waals surface area contributed by atoms with Crippen molar-refractivity contribution in [2.24, 2.45) is 11.3 Å². The van der Waals surface area contributed by atoms with Crippen LogP contribution in [0.4, 0.5) is 0 Å². The van der Waals surface area contributed by atoms with Crippen molar-refractivity contribution in [1.29, 1.82) is 0 Å². The summed E-state index contributed by atoms with van der Waals surface area (Å²) in [7, 11) is 0. The minimum Gasteiger partial charge on any atom is -0.381 e. The summed E-state index contributed by atoms with van der Waals surface area (Å²) in [6.07, 6.45) is 2.80. The van der Waals surface area contributed by atoms with E-state index in [9.17, 15) is 4.79 Å². The molecular weight excluding hydrogens is 250 g/mol. The van der Waals surface area contributed by atoms with Gasteiger partial charge >= 0.3 is 0 Å². The Bertz CT molecular complexity index is 535. The molecule has 0 amide bonds. The highest BCUT2D eigenvalue weighted by Crippen LogP contribution is 2.39. The molecule has 1 aliphatic carbocycles. The summed E-state index contributed by atoms with van der Waals surface area (Å²) < 4.78 is 7.95. The van der Waals surface area contributed by atoms with E-state index in [1.165, 1.54) is 11.4 Å². The molecule has 110 valence electrons. The number of aromatic nitrogens is 1. The van der Waals surface area contributed by atoms with E-state index in [0.29, 0.717) is 24.2 Å². The number of carbonyl (C=O) groups is 1. The van der Waals surface area contributed by atoms with Gasteiger partial charge in [-0.05, 0) is 38.2 Å². The molecular formula is C17H25NO2. The zero-order chi connectivity index (χ0) is 14.5. The van der Waals surface area contributed by atoms with Gasteiger partial charge in [0.15, 0.2) is 5.78 Å². The number of fused-ring (bicyclic) bond motifs is 1. The van der Waals surface area contributed by atoms with Crippen LogP contribution in [0.25, 0.3) is 0 Å². The SMILES string of the molecule is Cc1cc2c(n1C(C)C1CCOC1)CC(C)(C)CC2=O. The molecule has 1 aromatic rings. The maximum Gasteiger partial charge on any atom is 0.165 e. The maximum absolute atomic E-state index is 12.4. The highest BCUT2D eigenvalue weighted by Gasteiger charge is 2.36. The minimum atomic E-state index is 0.0819. The highest BCUT2D eigenvalue weighted by atomic mass is 16.5. The molecule has 2 unspecified atom stereocenters. The van der Waals surface area contributed by atoms with E-state index >= 15 is 0 Å². The van der Waals surface area contributed by atoms with E-state index < -0.39 is 0 Å². The van der Waals surface area contributed by atoms with Gasteiger partial charge in [-0.1, -0.05) is 13.8 Å². The van der Waals surface area contributed by atoms with E-state index in [4.69, 9.17) is 4.74 Å². The van der Waals surface area contributed by atoms with Gasteiger partial charge in [-0.25, -0.2) is 0 Å². The van der Waals surface area contributed by atoms with E-state index in [-0.39, 0.29) is 5.41 Å². The molecule has 0 N–H and O–H groups in total. The fourth-order valence-corrected chi connectivity index (χ4v) is 3.88. The summed E-state index contributed by atoms with van der Waals surface area (Å²) in [4.78, 5) is 12.4. The number of ketones is 1. The Hall–Kier alpha value is -1.09. The summed E-state index contributed by atoms with van der Waals surface area (Å²) in [5.41, 5.74) is 3.52. The third-order valence-corrected chi connectivity index (χ3v) is 4.97. The molecule has 1 aromatic heterocycles. The predicted octanol–water partition coefficient (Wildman–Crippen LogP) is 3.55. The van der Waals surface area contributed by atoms with Crippen molar-refractivity contribution >= 4 is 5.78 Å². The fourth-order valence-electron chi connectivity index (χ4n) is 3.88. The van der Waals surface area contributed by atoms with Crippen LogP contribution in [0.1, 0.15) is 61.4 Å². The van der Waals surface area contributed by atoms with Crippen LogP contribution in [-0.4, -0.2) is 23.6 Å². The quantitative estimate of drug-likeness (QED) is 0.826. The fraction of sp³-hybridized carbons (Fsp3) is 0.706. The van der Waals surface area contributed by atoms with Gasteiger partial charge in [-0.2, -0.15) is 0 Å². The Morgan fingerprint density at radius 2 is 2.15 bits per heavy atom. The second-order valence-electron chi connectivity index (χ2n) is 7.32. The molecule has 3 heteroatoms. The first-order chi connectivity index (χ1) is 9.39. The minimum absolute atomic E-state index is 0.0819. The number of aryl methyl sites for hydroxylation is 1. The number of nitrogens with zero attached hydrogens (tertiary/aromatic N) is 1. The number of hydrogen-bond donors (Lipinski definition) is 0. The molecule has 0 bridgehead atoms. The molecule has 1 fully saturated rings. The van der Waals surface area contributed by atoms with Crippen LogP contribution in [-0.2, 0) is 11.2 Å². The molecule has 2 aliphatic rings. The van der Waals surface area contributed by atoms with Gasteiger partial charge in [-0.3, -0.25) is 4.79 Å². The van der Waals surface area contributed by atoms with E-state index in [2.05, 4.69) is 38.3 Å². The Morgan fingerprint density at radius 1 is 1.40 bits per heavy atom. The number of hydrogen-bond acceptors (Lipinski definition) is 2. The van der Waals surface area contributed by atoms with Crippen LogP contribution >= 0.6 is 0 Å². The van der Waals surface area contributed by atoms with E-state index in [0.717, 1.165) is 31.6 Å². The highest BCUT2D eigenvalue weighted by molar-refractivity contribution is 5.99. The van der Waals surface area contributed by atoms with Crippen LogP contribution in [0, 0.1) is 18.3 Å². The van der Waals surface area contributed by atoms with Gasteiger partial charge in [0.1, 0.15) is 0 Å². The molecule has 2 heterocycles. The largest absolute Gasteiger partial charge is 0.381 e. The first-order valence-corrected chi connectivity index (χ1v) is 7.71. The van der Waals surface area contributed by atoms with Crippen LogP contribution < -0.4 is 0 Å². The first-order valence-electron chi connectivity index (χ1n) is 7.71. The predicted molar refractivity (Wildman–Crippen MR) is 79.2 cm³/mol. The molecule has 3 rings (SSSR count). The zero-order valence-electron chi connectivity index (χ0n) is 13.0. The lowest BCUT2D eigenvalue weighted by Gasteiger charge is -2.32. The van der Waals surface area contributed by atoms with E-state index in [1.54, 1.807) is 0 Å². The maximum atomic E-state index is 12.4. The van der Waals surface area contributed by atoms with Crippen LogP contribution in [0.15, 0.2) is 6.07 Å². The third-order valence-electron chi connectivity index (χ3n) is 4.97. The molecule has 0 radical (unpaired) electrons. The molecule has 0 aromatic carbocycles. The topological polar surface area (TPSA) is 31.2 Å². The Morgan fingerprint density at radius 3 is 2.80 bits per heavy atom. The average Bonchev–Trinajstić information content (AvgIpc) is 2.94. The lowest BCUT2D eigenvalue weighted by Crippen LogP contribution is -2.30. The van der Waals surface area contributed by atoms with Crippen LogP contribution in [0.5, 0.6) is 0 Å². The smallest absolute Gasteiger partial charge is 0.165 e. The number of rotatable bonds is 2. The molecule has 1 aliphatic heterocycles. The van der Waals surface area contributed by atoms with Crippen molar-refractivity contribution in [3.63, 3.8) is 0 Å². The monoisotopic (exact) mass is 275 g/mol. The molecule has 20 heavy (non-hydrogen) atoms. The summed E-state index contributed by atoms with van der Waals surface area (Å²) in [6, 6.07) is 2.52. The summed E-state index contributed by atoms with van der Waals surface area (Å²) >= 11 is 0. The number of Topliss-reactive ketones (excluding diaryl/α,β-unsaturated/α-hetero) is 1. The van der Waals surface area contributed by atoms with Crippen molar-refractivity contribution in [2.75, 3.05) is 13.2 Å². The van der Waals surface area contributed by atoms with Gasteiger partial charge in [0.2, 0.25) is 0 Å². The Labute approximate surface area is 121 Å². The lowest BCUT2D eigenvalue weighted by atomic mass is 9.76. The van der Waals surface area contributed by atoms with Crippen molar-refractivity contribution in [3.05, 3.63) is 23.0 Å². The second-order valence-corrected chi connectivity index (χ2v) is 7.32. The third kappa shape index (κ3) is 2.22. The Balaban J connectivity index is 2.02. The molecule has 2 atom stereocenters. The number of ether oxygens (including phenoxy) is 1. The van der Waals surface area contributed by atoms with Gasteiger partial charge in [-0.15, -0.1) is 0 Å². The molecule has 0 spiro atoms. The molecule has 0 saturated carbocycles. The average molecular weight is 275 g/mol. The molecule has 1 saturated heterocycles. The molecule has 3 nitrogen and oxygen atoms in total. The summed E-state index contributed by atoms with van der Waals surface area (Å²) in [5, 5.41) is 0. The lowest BCUT2D eigenvalue weighted by molar-refractivity contribution is 0.0908. The van der Waals surface area contributed by atoms with Gasteiger partial charge in [0, 0.05) is 41.9 Å². The van der Waals surface area contributed by atoms with Crippen molar-refractivity contribution in [3.8, 4) is 0 Å². The van der Waals surface area contributed by atoms with Crippen molar-refractivity contribution < 1.29 is 9.53 Å². The standard InChI is InChI=1S/C17H25NO2/c1-11-7-14-15(8-17(3,4)9-16(14)19)18(11)12(2)13-5-6-20-10-13/h7,12-13H,5-6,8-10H2,1-4H3. The number of carbonyl (C=O) groups excluding carboxylic acids is 1. The second kappa shape index (κ2) is 4.73. The zero-order valence-corrected chi connectivity index (χ0v) is 13.0. The van der Waals surface area contributed by atoms with Gasteiger partial charge in [0.25, 0.3) is 0 Å². The van der Waals surface area contributed by atoms with Gasteiger partial charge in [0.05, 0.1) is 6.61 Å². The van der Waals surface area contributed by atoms with Crippen LogP contribution in [0.2, 0.25) is 0 Å². The van der Waals surface area contributed by atoms with Crippen LogP contribution in [0.3, 0.4) is 0 Å². The normalized spacial score (nSPS) is 26.6. The van der Waals surface area contributed by atoms with E-state index in [1.807, 2.05) is 0 Å². The van der Waals surface area contributed by atoms with Crippen molar-refractivity contribution in [2.45, 2.75) is 53.0 Å². The summed E-state index contributed by atoms with van der Waals surface area (Å²) in [5.74, 6) is 0.887. The van der Waals surface area contributed by atoms with Crippen molar-refractivity contribution in [1.82, 2.24) is 4.57 Å². The first kappa shape index (κ1) is 13.9. The van der Waals surface area contributed by atoms with Gasteiger partial charge < -0.3 is 9.30 Å². The summed E-state index contributed by atoms with van der Waals surface area (Å²) in [6.45, 7) is 10.5. The Kier molecular flexibility index (Phi) is 3.28.